The number of likely N-dealkylation sites (tertiary alicyclic amines) is 1. The zero-order chi connectivity index (χ0) is 28.9. The molecule has 0 spiro atoms. The smallest absolute Gasteiger partial charge is 0.435 e. The Morgan fingerprint density at radius 2 is 1.88 bits per heavy atom. The van der Waals surface area contributed by atoms with E-state index in [-0.39, 0.29) is 47.2 Å². The summed E-state index contributed by atoms with van der Waals surface area (Å²) >= 11 is 5.93. The summed E-state index contributed by atoms with van der Waals surface area (Å²) in [6, 6.07) is 10.00. The number of para-hydroxylation sites is 1. The van der Waals surface area contributed by atoms with Crippen molar-refractivity contribution in [2.45, 2.75) is 69.9 Å². The maximum atomic E-state index is 14.7. The normalized spacial score (nSPS) is 23.1. The Kier molecular flexibility index (Phi) is 7.42. The van der Waals surface area contributed by atoms with Gasteiger partial charge < -0.3 is 23.9 Å². The maximum Gasteiger partial charge on any atom is 0.435 e. The first-order valence-electron chi connectivity index (χ1n) is 13.6. The number of rotatable bonds is 7. The lowest BCUT2D eigenvalue weighted by molar-refractivity contribution is -0.142. The molecule has 0 radical (unpaired) electrons. The van der Waals surface area contributed by atoms with Gasteiger partial charge in [0, 0.05) is 24.1 Å². The fourth-order valence-corrected chi connectivity index (χ4v) is 6.09. The van der Waals surface area contributed by atoms with Gasteiger partial charge in [-0.2, -0.15) is 13.2 Å². The van der Waals surface area contributed by atoms with Crippen LogP contribution in [0.5, 0.6) is 11.5 Å². The summed E-state index contributed by atoms with van der Waals surface area (Å²) in [5, 5.41) is 10.1. The Hall–Kier alpha value is -2.86. The second kappa shape index (κ2) is 10.8. The minimum atomic E-state index is -4.66. The summed E-state index contributed by atoms with van der Waals surface area (Å²) in [4.78, 5) is 6.02. The van der Waals surface area contributed by atoms with Crippen molar-refractivity contribution in [2.24, 2.45) is 0 Å². The summed E-state index contributed by atoms with van der Waals surface area (Å²) < 4.78 is 75.2. The van der Waals surface area contributed by atoms with Gasteiger partial charge in [0.2, 0.25) is 0 Å². The van der Waals surface area contributed by atoms with Gasteiger partial charge in [0.05, 0.1) is 37.1 Å². The van der Waals surface area contributed by atoms with Crippen molar-refractivity contribution in [3.05, 3.63) is 75.6 Å². The summed E-state index contributed by atoms with van der Waals surface area (Å²) in [5.41, 5.74) is -0.0793. The summed E-state index contributed by atoms with van der Waals surface area (Å²) in [6.07, 6.45) is -2.62. The number of piperidine rings is 1. The molecule has 6 rings (SSSR count). The van der Waals surface area contributed by atoms with E-state index in [0.717, 1.165) is 24.8 Å². The lowest BCUT2D eigenvalue weighted by Crippen LogP contribution is -2.36. The third-order valence-electron chi connectivity index (χ3n) is 8.17. The molecular formula is C29H30ClF4N3O4. The predicted octanol–water partition coefficient (Wildman–Crippen LogP) is 6.00. The Morgan fingerprint density at radius 3 is 2.51 bits per heavy atom. The highest BCUT2D eigenvalue weighted by atomic mass is 35.5. The minimum Gasteiger partial charge on any atom is -0.444 e. The van der Waals surface area contributed by atoms with Crippen molar-refractivity contribution in [1.82, 2.24) is 14.5 Å². The number of aliphatic hydroxyl groups excluding tert-OH is 1. The first kappa shape index (κ1) is 28.3. The molecule has 220 valence electrons. The molecule has 0 aliphatic carbocycles. The van der Waals surface area contributed by atoms with Crippen LogP contribution in [0.15, 0.2) is 36.4 Å². The number of benzene rings is 2. The standard InChI is InChI=1S/C29H30ClF4N3O4/c1-28(21-6-5-18(30)13-22(21)31)40-24-4-2-3-20(26(24)41-28)17-7-10-36(11-8-17)15-25-35-27(29(32,33)34)23(16-38)37(25)14-19-9-12-39-19/h2-6,13,17,19,38H,7-12,14-16H2,1H3. The molecule has 0 bridgehead atoms. The van der Waals surface area contributed by atoms with E-state index in [2.05, 4.69) is 9.88 Å². The van der Waals surface area contributed by atoms with Crippen LogP contribution in [-0.4, -0.2) is 45.4 Å². The first-order valence-corrected chi connectivity index (χ1v) is 14.0. The molecule has 4 heterocycles. The maximum absolute atomic E-state index is 14.7. The Balaban J connectivity index is 1.17. The van der Waals surface area contributed by atoms with Crippen LogP contribution in [0, 0.1) is 5.82 Å². The van der Waals surface area contributed by atoms with Gasteiger partial charge in [0.25, 0.3) is 5.79 Å². The van der Waals surface area contributed by atoms with Crippen LogP contribution < -0.4 is 9.47 Å². The highest BCUT2D eigenvalue weighted by molar-refractivity contribution is 6.30. The van der Waals surface area contributed by atoms with Crippen molar-refractivity contribution in [1.29, 1.82) is 0 Å². The molecule has 7 nitrogen and oxygen atoms in total. The number of alkyl halides is 3. The molecule has 2 aromatic carbocycles. The van der Waals surface area contributed by atoms with Crippen LogP contribution >= 0.6 is 11.6 Å². The zero-order valence-corrected chi connectivity index (χ0v) is 23.1. The van der Waals surface area contributed by atoms with Gasteiger partial charge in [-0.25, -0.2) is 9.37 Å². The molecule has 0 saturated carbocycles. The number of imidazole rings is 1. The van der Waals surface area contributed by atoms with Crippen LogP contribution in [-0.2, 0) is 36.4 Å². The summed E-state index contributed by atoms with van der Waals surface area (Å²) in [6.45, 7) is 3.19. The molecule has 3 aliphatic heterocycles. The van der Waals surface area contributed by atoms with Gasteiger partial charge in [-0.3, -0.25) is 4.90 Å². The minimum absolute atomic E-state index is 0.115. The van der Waals surface area contributed by atoms with Crippen molar-refractivity contribution in [3.8, 4) is 11.5 Å². The van der Waals surface area contributed by atoms with Crippen molar-refractivity contribution < 1.29 is 36.9 Å². The number of halogens is 5. The first-order chi connectivity index (χ1) is 19.6. The molecule has 0 amide bonds. The molecule has 2 atom stereocenters. The van der Waals surface area contributed by atoms with Gasteiger partial charge in [-0.1, -0.05) is 23.7 Å². The Labute approximate surface area is 239 Å². The number of hydrogen-bond donors (Lipinski definition) is 1. The molecule has 3 aliphatic rings. The zero-order valence-electron chi connectivity index (χ0n) is 22.4. The molecule has 2 saturated heterocycles. The number of fused-ring (bicyclic) bond motifs is 1. The van der Waals surface area contributed by atoms with E-state index in [0.29, 0.717) is 31.2 Å². The largest absolute Gasteiger partial charge is 0.444 e. The average Bonchev–Trinajstić information content (AvgIpc) is 3.43. The van der Waals surface area contributed by atoms with Gasteiger partial charge in [-0.05, 0) is 62.5 Å². The van der Waals surface area contributed by atoms with E-state index in [1.165, 1.54) is 10.6 Å². The summed E-state index contributed by atoms with van der Waals surface area (Å²) in [7, 11) is 0. The third-order valence-corrected chi connectivity index (χ3v) is 8.41. The van der Waals surface area contributed by atoms with E-state index in [1.807, 2.05) is 12.1 Å². The molecule has 12 heteroatoms. The van der Waals surface area contributed by atoms with Crippen molar-refractivity contribution in [2.75, 3.05) is 19.7 Å². The third kappa shape index (κ3) is 5.40. The summed E-state index contributed by atoms with van der Waals surface area (Å²) in [5.74, 6) is -0.393. The second-order valence-corrected chi connectivity index (χ2v) is 11.3. The molecule has 1 aromatic heterocycles. The molecule has 41 heavy (non-hydrogen) atoms. The monoisotopic (exact) mass is 595 g/mol. The van der Waals surface area contributed by atoms with Gasteiger partial charge >= 0.3 is 6.18 Å². The molecule has 3 aromatic rings. The fraction of sp³-hybridized carbons (Fsp3) is 0.483. The average molecular weight is 596 g/mol. The number of ether oxygens (including phenoxy) is 3. The van der Waals surface area contributed by atoms with Crippen LogP contribution in [0.1, 0.15) is 60.4 Å². The van der Waals surface area contributed by atoms with E-state index >= 15 is 0 Å². The topological polar surface area (TPSA) is 69.0 Å². The molecular weight excluding hydrogens is 566 g/mol. The lowest BCUT2D eigenvalue weighted by atomic mass is 9.88. The highest BCUT2D eigenvalue weighted by Gasteiger charge is 2.43. The van der Waals surface area contributed by atoms with Gasteiger partial charge in [0.15, 0.2) is 17.2 Å². The van der Waals surface area contributed by atoms with Crippen LogP contribution in [0.3, 0.4) is 0 Å². The van der Waals surface area contributed by atoms with E-state index in [9.17, 15) is 22.7 Å². The van der Waals surface area contributed by atoms with Crippen LogP contribution in [0.25, 0.3) is 0 Å². The Bertz CT molecular complexity index is 1440. The van der Waals surface area contributed by atoms with E-state index in [1.54, 1.807) is 25.1 Å². The van der Waals surface area contributed by atoms with Crippen molar-refractivity contribution in [3.63, 3.8) is 0 Å². The number of nitrogens with zero attached hydrogens (tertiary/aromatic N) is 3. The van der Waals surface area contributed by atoms with E-state index < -0.39 is 30.1 Å². The SMILES string of the molecule is CC1(c2ccc(Cl)cc2F)Oc2cccc(C3CCN(Cc4nc(C(F)(F)F)c(CO)n4CC4CCO4)CC3)c2O1. The van der Waals surface area contributed by atoms with Gasteiger partial charge in [-0.15, -0.1) is 0 Å². The molecule has 2 unspecified atom stereocenters. The lowest BCUT2D eigenvalue weighted by Gasteiger charge is -2.33. The quantitative estimate of drug-likeness (QED) is 0.338. The second-order valence-electron chi connectivity index (χ2n) is 10.9. The molecule has 1 N–H and O–H groups in total. The van der Waals surface area contributed by atoms with Crippen LogP contribution in [0.2, 0.25) is 5.02 Å². The number of aliphatic hydroxyl groups is 1. The van der Waals surface area contributed by atoms with E-state index in [4.69, 9.17) is 25.8 Å². The van der Waals surface area contributed by atoms with Crippen LogP contribution in [0.4, 0.5) is 17.6 Å². The fourth-order valence-electron chi connectivity index (χ4n) is 5.93. The number of hydrogen-bond acceptors (Lipinski definition) is 6. The number of aromatic nitrogens is 2. The highest BCUT2D eigenvalue weighted by Crippen LogP contribution is 2.50. The molecule has 2 fully saturated rings. The Morgan fingerprint density at radius 1 is 1.12 bits per heavy atom. The predicted molar refractivity (Wildman–Crippen MR) is 141 cm³/mol. The van der Waals surface area contributed by atoms with Gasteiger partial charge in [0.1, 0.15) is 11.6 Å². The van der Waals surface area contributed by atoms with Crippen molar-refractivity contribution >= 4 is 11.6 Å².